The maximum Gasteiger partial charge on any atom is 0.330 e. The fourth-order valence-corrected chi connectivity index (χ4v) is 1.81. The number of rotatable bonds is 3. The summed E-state index contributed by atoms with van der Waals surface area (Å²) in [6.07, 6.45) is 2.00. The molecule has 7 heteroatoms. The normalized spacial score (nSPS) is 21.4. The second-order valence-corrected chi connectivity index (χ2v) is 4.40. The van der Waals surface area contributed by atoms with Crippen LogP contribution in [-0.2, 0) is 4.79 Å². The molecule has 1 atom stereocenters. The van der Waals surface area contributed by atoms with E-state index in [9.17, 15) is 14.4 Å². The van der Waals surface area contributed by atoms with Crippen LogP contribution in [0.25, 0.3) is 0 Å². The summed E-state index contributed by atoms with van der Waals surface area (Å²) in [6, 6.07) is 7.49. The van der Waals surface area contributed by atoms with Gasteiger partial charge < -0.3 is 16.2 Å². The van der Waals surface area contributed by atoms with E-state index in [2.05, 4.69) is 5.32 Å². The van der Waals surface area contributed by atoms with Crippen molar-refractivity contribution in [3.05, 3.63) is 48.2 Å². The summed E-state index contributed by atoms with van der Waals surface area (Å²) in [6.45, 7) is 0. The summed E-state index contributed by atoms with van der Waals surface area (Å²) in [5.41, 5.74) is 4.57. The molecule has 1 unspecified atom stereocenters. The van der Waals surface area contributed by atoms with Crippen LogP contribution in [0.3, 0.4) is 0 Å². The molecule has 4 N–H and O–H groups in total. The number of benzene rings is 1. The van der Waals surface area contributed by atoms with Gasteiger partial charge in [0.15, 0.2) is 0 Å². The second-order valence-electron chi connectivity index (χ2n) is 4.40. The number of hydrogen-bond donors (Lipinski definition) is 3. The molecule has 104 valence electrons. The third-order valence-corrected chi connectivity index (χ3v) is 2.76. The van der Waals surface area contributed by atoms with Gasteiger partial charge in [-0.05, 0) is 18.2 Å². The van der Waals surface area contributed by atoms with Gasteiger partial charge in [0.05, 0.1) is 6.42 Å². The minimum atomic E-state index is -1.49. The lowest BCUT2D eigenvalue weighted by Gasteiger charge is -2.32. The maximum atomic E-state index is 12.1. The summed E-state index contributed by atoms with van der Waals surface area (Å²) in [7, 11) is 0. The molecular formula is C13H13N3O4. The number of carboxylic acids is 1. The number of amides is 3. The number of aliphatic carboxylic acids is 1. The van der Waals surface area contributed by atoms with Crippen LogP contribution in [0.4, 0.5) is 4.79 Å². The Hall–Kier alpha value is -2.67. The fourth-order valence-electron chi connectivity index (χ4n) is 1.81. The van der Waals surface area contributed by atoms with Gasteiger partial charge in [0.2, 0.25) is 0 Å². The van der Waals surface area contributed by atoms with Crippen molar-refractivity contribution in [3.63, 3.8) is 0 Å². The Labute approximate surface area is 114 Å². The highest BCUT2D eigenvalue weighted by Gasteiger charge is 2.35. The van der Waals surface area contributed by atoms with Crippen molar-refractivity contribution in [3.8, 4) is 0 Å². The van der Waals surface area contributed by atoms with Gasteiger partial charge in [-0.1, -0.05) is 18.2 Å². The zero-order valence-corrected chi connectivity index (χ0v) is 10.4. The first kappa shape index (κ1) is 13.8. The van der Waals surface area contributed by atoms with Crippen LogP contribution in [0.2, 0.25) is 0 Å². The van der Waals surface area contributed by atoms with E-state index in [0.717, 1.165) is 4.90 Å². The Balaban J connectivity index is 2.20. The Bertz CT molecular complexity index is 585. The Morgan fingerprint density at radius 3 is 2.50 bits per heavy atom. The summed E-state index contributed by atoms with van der Waals surface area (Å²) in [5.74, 6) is -1.67. The number of nitrogens with one attached hydrogen (secondary N) is 1. The van der Waals surface area contributed by atoms with Crippen molar-refractivity contribution < 1.29 is 19.5 Å². The molecule has 0 saturated carbocycles. The van der Waals surface area contributed by atoms with Crippen LogP contribution in [0.1, 0.15) is 16.8 Å². The van der Waals surface area contributed by atoms with Gasteiger partial charge in [0.1, 0.15) is 5.66 Å². The monoisotopic (exact) mass is 275 g/mol. The minimum Gasteiger partial charge on any atom is -0.481 e. The average molecular weight is 275 g/mol. The van der Waals surface area contributed by atoms with Crippen LogP contribution >= 0.6 is 0 Å². The van der Waals surface area contributed by atoms with E-state index in [-0.39, 0.29) is 0 Å². The van der Waals surface area contributed by atoms with Crippen molar-refractivity contribution in [1.29, 1.82) is 0 Å². The second kappa shape index (κ2) is 5.14. The van der Waals surface area contributed by atoms with Crippen molar-refractivity contribution in [2.45, 2.75) is 12.1 Å². The number of hydrogen-bond acceptors (Lipinski definition) is 4. The summed E-state index contributed by atoms with van der Waals surface area (Å²) in [4.78, 5) is 35.5. The molecule has 0 bridgehead atoms. The highest BCUT2D eigenvalue weighted by Crippen LogP contribution is 2.15. The fraction of sp³-hybridized carbons (Fsp3) is 0.154. The summed E-state index contributed by atoms with van der Waals surface area (Å²) in [5, 5.41) is 11.0. The predicted octanol–water partition coefficient (Wildman–Crippen LogP) is 0.495. The molecule has 3 amide bonds. The van der Waals surface area contributed by atoms with Crippen LogP contribution in [0.5, 0.6) is 0 Å². The Morgan fingerprint density at radius 1 is 1.30 bits per heavy atom. The van der Waals surface area contributed by atoms with Crippen molar-refractivity contribution >= 4 is 17.9 Å². The van der Waals surface area contributed by atoms with Crippen LogP contribution in [-0.4, -0.2) is 33.6 Å². The number of urea groups is 1. The number of carbonyl (C=O) groups excluding carboxylic acids is 2. The van der Waals surface area contributed by atoms with Crippen molar-refractivity contribution in [2.24, 2.45) is 5.73 Å². The number of carbonyl (C=O) groups is 3. The van der Waals surface area contributed by atoms with Crippen molar-refractivity contribution in [1.82, 2.24) is 10.2 Å². The van der Waals surface area contributed by atoms with Crippen molar-refractivity contribution in [2.75, 3.05) is 0 Å². The molecule has 0 fully saturated rings. The molecule has 0 aromatic heterocycles. The average Bonchev–Trinajstić information content (AvgIpc) is 2.37. The van der Waals surface area contributed by atoms with Gasteiger partial charge in [-0.2, -0.15) is 0 Å². The quantitative estimate of drug-likeness (QED) is 0.743. The lowest BCUT2D eigenvalue weighted by atomic mass is 10.1. The molecule has 0 spiro atoms. The zero-order chi connectivity index (χ0) is 14.8. The molecule has 20 heavy (non-hydrogen) atoms. The first-order valence-corrected chi connectivity index (χ1v) is 5.82. The van der Waals surface area contributed by atoms with E-state index in [1.54, 1.807) is 30.3 Å². The predicted molar refractivity (Wildman–Crippen MR) is 69.5 cm³/mol. The minimum absolute atomic E-state index is 0.343. The van der Waals surface area contributed by atoms with Crippen LogP contribution in [0.15, 0.2) is 42.6 Å². The molecule has 0 radical (unpaired) electrons. The molecule has 7 nitrogen and oxygen atoms in total. The molecule has 1 heterocycles. The largest absolute Gasteiger partial charge is 0.481 e. The third kappa shape index (κ3) is 2.83. The van der Waals surface area contributed by atoms with E-state index >= 15 is 0 Å². The van der Waals surface area contributed by atoms with E-state index in [1.807, 2.05) is 0 Å². The SMILES string of the molecule is NC1(CC(=O)O)C=CN(C(=O)c2ccccc2)C(=O)N1. The Kier molecular flexibility index (Phi) is 3.53. The van der Waals surface area contributed by atoms with Gasteiger partial charge in [-0.25, -0.2) is 9.69 Å². The molecule has 1 aromatic rings. The molecule has 1 aliphatic heterocycles. The molecule has 1 aliphatic rings. The van der Waals surface area contributed by atoms with Crippen LogP contribution < -0.4 is 11.1 Å². The molecule has 0 aliphatic carbocycles. The van der Waals surface area contributed by atoms with Gasteiger partial charge >= 0.3 is 12.0 Å². The maximum absolute atomic E-state index is 12.1. The Morgan fingerprint density at radius 2 is 1.95 bits per heavy atom. The van der Waals surface area contributed by atoms with Gasteiger partial charge in [-0.3, -0.25) is 9.59 Å². The van der Waals surface area contributed by atoms with Gasteiger partial charge in [0.25, 0.3) is 5.91 Å². The molecule has 2 rings (SSSR count). The number of imide groups is 1. The van der Waals surface area contributed by atoms with E-state index in [0.29, 0.717) is 5.56 Å². The summed E-state index contributed by atoms with van der Waals surface area (Å²) >= 11 is 0. The lowest BCUT2D eigenvalue weighted by molar-refractivity contribution is -0.138. The van der Waals surface area contributed by atoms with E-state index < -0.39 is 30.0 Å². The molecule has 0 saturated heterocycles. The van der Waals surface area contributed by atoms with Crippen LogP contribution in [0, 0.1) is 0 Å². The van der Waals surface area contributed by atoms with Gasteiger partial charge in [0, 0.05) is 11.8 Å². The smallest absolute Gasteiger partial charge is 0.330 e. The topological polar surface area (TPSA) is 113 Å². The number of nitrogens with two attached hydrogens (primary N) is 1. The standard InChI is InChI=1S/C13H13N3O4/c14-13(8-10(17)18)6-7-16(12(20)15-13)11(19)9-4-2-1-3-5-9/h1-7H,8,14H2,(H,15,20)(H,17,18). The number of carboxylic acid groups (broad SMARTS) is 1. The highest BCUT2D eigenvalue weighted by molar-refractivity contribution is 6.05. The summed E-state index contributed by atoms with van der Waals surface area (Å²) < 4.78 is 0. The number of nitrogens with zero attached hydrogens (tertiary/aromatic N) is 1. The first-order chi connectivity index (χ1) is 9.41. The molecular weight excluding hydrogens is 262 g/mol. The van der Waals surface area contributed by atoms with Gasteiger partial charge in [-0.15, -0.1) is 0 Å². The third-order valence-electron chi connectivity index (χ3n) is 2.76. The first-order valence-electron chi connectivity index (χ1n) is 5.82. The highest BCUT2D eigenvalue weighted by atomic mass is 16.4. The zero-order valence-electron chi connectivity index (χ0n) is 10.4. The van der Waals surface area contributed by atoms with E-state index in [1.165, 1.54) is 12.3 Å². The molecule has 1 aromatic carbocycles. The van der Waals surface area contributed by atoms with E-state index in [4.69, 9.17) is 10.8 Å². The lowest BCUT2D eigenvalue weighted by Crippen LogP contribution is -2.61.